The number of aliphatic hydroxyl groups excluding tert-OH is 4. The minimum absolute atomic E-state index is 0.0559. The van der Waals surface area contributed by atoms with E-state index < -0.39 is 43.1 Å². The van der Waals surface area contributed by atoms with Crippen LogP contribution in [0.2, 0.25) is 0 Å². The van der Waals surface area contributed by atoms with E-state index in [1.54, 1.807) is 12.1 Å². The zero-order chi connectivity index (χ0) is 24.4. The summed E-state index contributed by atoms with van der Waals surface area (Å²) in [6, 6.07) is 4.64. The highest BCUT2D eigenvalue weighted by atomic mass is 19.1. The topological polar surface area (TPSA) is 136 Å². The molecule has 4 rings (SSSR count). The Kier molecular flexibility index (Phi) is 7.70. The molecule has 1 aromatic carbocycles. The van der Waals surface area contributed by atoms with E-state index in [1.165, 1.54) is 13.2 Å². The van der Waals surface area contributed by atoms with Crippen molar-refractivity contribution in [1.29, 1.82) is 0 Å². The van der Waals surface area contributed by atoms with Crippen molar-refractivity contribution in [2.45, 2.75) is 62.9 Å². The second kappa shape index (κ2) is 10.5. The molecule has 11 heteroatoms. The molecule has 0 spiro atoms. The summed E-state index contributed by atoms with van der Waals surface area (Å²) in [5, 5.41) is 44.7. The second-order valence-corrected chi connectivity index (χ2v) is 8.61. The summed E-state index contributed by atoms with van der Waals surface area (Å²) in [4.78, 5) is 0. The Bertz CT molecular complexity index is 978. The molecule has 0 saturated carbocycles. The van der Waals surface area contributed by atoms with Gasteiger partial charge in [0.1, 0.15) is 36.0 Å². The van der Waals surface area contributed by atoms with E-state index in [2.05, 4.69) is 5.10 Å². The second-order valence-electron chi connectivity index (χ2n) is 8.61. The van der Waals surface area contributed by atoms with Gasteiger partial charge in [-0.25, -0.2) is 4.39 Å². The van der Waals surface area contributed by atoms with Crippen LogP contribution in [0.15, 0.2) is 18.2 Å². The van der Waals surface area contributed by atoms with Crippen molar-refractivity contribution in [2.75, 3.05) is 26.9 Å². The molecule has 0 aliphatic carbocycles. The van der Waals surface area contributed by atoms with Crippen molar-refractivity contribution >= 4 is 0 Å². The van der Waals surface area contributed by atoms with E-state index in [0.29, 0.717) is 30.1 Å². The Hall–Kier alpha value is -2.28. The Morgan fingerprint density at radius 2 is 1.88 bits per heavy atom. The molecule has 0 unspecified atom stereocenters. The highest BCUT2D eigenvalue weighted by Crippen LogP contribution is 2.33. The first kappa shape index (κ1) is 24.8. The van der Waals surface area contributed by atoms with Gasteiger partial charge in [0.05, 0.1) is 19.8 Å². The highest BCUT2D eigenvalue weighted by molar-refractivity contribution is 5.39. The molecule has 2 saturated heterocycles. The fourth-order valence-electron chi connectivity index (χ4n) is 4.37. The lowest BCUT2D eigenvalue weighted by atomic mass is 9.99. The third-order valence-corrected chi connectivity index (χ3v) is 6.48. The fourth-order valence-corrected chi connectivity index (χ4v) is 4.37. The molecule has 2 aromatic rings. The Balaban J connectivity index is 1.67. The standard InChI is InChI=1S/C23H31FN2O8/c1-12-16(9-13-3-4-15(31-2)10-17(13)24)22(25-26(12)14-5-7-32-8-6-14)34-23-21(30)20(29)19(28)18(11-27)33-23/h3-4,10,14,18-21,23,27-30H,5-9,11H2,1-2H3/t18-,19-,20+,21-,23+/m1/s1. The molecule has 188 valence electrons. The van der Waals surface area contributed by atoms with Crippen molar-refractivity contribution in [3.05, 3.63) is 40.8 Å². The number of rotatable bonds is 7. The average Bonchev–Trinajstić information content (AvgIpc) is 3.15. The molecule has 10 nitrogen and oxygen atoms in total. The molecule has 0 amide bonds. The van der Waals surface area contributed by atoms with Gasteiger partial charge >= 0.3 is 0 Å². The van der Waals surface area contributed by atoms with Crippen LogP contribution in [0.5, 0.6) is 11.6 Å². The number of nitrogens with zero attached hydrogens (tertiary/aromatic N) is 2. The minimum Gasteiger partial charge on any atom is -0.497 e. The van der Waals surface area contributed by atoms with E-state index in [-0.39, 0.29) is 18.3 Å². The molecular weight excluding hydrogens is 451 g/mol. The van der Waals surface area contributed by atoms with Crippen LogP contribution in [0.25, 0.3) is 0 Å². The molecule has 1 aromatic heterocycles. The van der Waals surface area contributed by atoms with Gasteiger partial charge in [-0.2, -0.15) is 0 Å². The van der Waals surface area contributed by atoms with E-state index in [1.807, 2.05) is 11.6 Å². The van der Waals surface area contributed by atoms with Gasteiger partial charge in [0, 0.05) is 37.0 Å². The normalized spacial score (nSPS) is 28.1. The SMILES string of the molecule is COc1ccc(Cc2c(O[C@@H]3O[C@H](CO)[C@@H](O)[C@H](O)[C@H]3O)nn(C3CCOCC3)c2C)c(F)c1. The molecule has 3 heterocycles. The maximum Gasteiger partial charge on any atom is 0.239 e. The van der Waals surface area contributed by atoms with Gasteiger partial charge in [-0.3, -0.25) is 4.68 Å². The number of methoxy groups -OCH3 is 1. The fraction of sp³-hybridized carbons (Fsp3) is 0.609. The summed E-state index contributed by atoms with van der Waals surface area (Å²) >= 11 is 0. The number of hydrogen-bond acceptors (Lipinski definition) is 9. The van der Waals surface area contributed by atoms with Crippen LogP contribution in [0.4, 0.5) is 4.39 Å². The smallest absolute Gasteiger partial charge is 0.239 e. The molecule has 4 N–H and O–H groups in total. The first-order valence-electron chi connectivity index (χ1n) is 11.3. The summed E-state index contributed by atoms with van der Waals surface area (Å²) in [6.07, 6.45) is -5.55. The number of benzene rings is 1. The third-order valence-electron chi connectivity index (χ3n) is 6.48. The van der Waals surface area contributed by atoms with Crippen molar-refractivity contribution in [3.8, 4) is 11.6 Å². The van der Waals surface area contributed by atoms with Crippen LogP contribution in [0.1, 0.15) is 35.7 Å². The van der Waals surface area contributed by atoms with Crippen LogP contribution < -0.4 is 9.47 Å². The molecule has 2 aliphatic rings. The quantitative estimate of drug-likeness (QED) is 0.444. The van der Waals surface area contributed by atoms with Gasteiger partial charge in [0.15, 0.2) is 0 Å². The molecule has 0 bridgehead atoms. The monoisotopic (exact) mass is 482 g/mol. The lowest BCUT2D eigenvalue weighted by molar-refractivity contribution is -0.278. The van der Waals surface area contributed by atoms with Crippen LogP contribution >= 0.6 is 0 Å². The molecule has 0 radical (unpaired) electrons. The Morgan fingerprint density at radius 1 is 1.15 bits per heavy atom. The van der Waals surface area contributed by atoms with Gasteiger partial charge in [-0.15, -0.1) is 5.10 Å². The van der Waals surface area contributed by atoms with E-state index in [4.69, 9.17) is 18.9 Å². The summed E-state index contributed by atoms with van der Waals surface area (Å²) in [6.45, 7) is 2.47. The van der Waals surface area contributed by atoms with Crippen molar-refractivity contribution < 1.29 is 43.8 Å². The number of hydrogen-bond donors (Lipinski definition) is 4. The van der Waals surface area contributed by atoms with E-state index >= 15 is 0 Å². The molecule has 5 atom stereocenters. The predicted molar refractivity (Wildman–Crippen MR) is 116 cm³/mol. The molecular formula is C23H31FN2O8. The first-order valence-corrected chi connectivity index (χ1v) is 11.3. The predicted octanol–water partition coefficient (Wildman–Crippen LogP) is 0.460. The number of halogens is 1. The zero-order valence-corrected chi connectivity index (χ0v) is 19.1. The summed E-state index contributed by atoms with van der Waals surface area (Å²) in [7, 11) is 1.46. The summed E-state index contributed by atoms with van der Waals surface area (Å²) < 4.78 is 38.5. The maximum atomic E-state index is 14.7. The lowest BCUT2D eigenvalue weighted by Gasteiger charge is -2.39. The molecule has 34 heavy (non-hydrogen) atoms. The van der Waals surface area contributed by atoms with Crippen LogP contribution in [-0.2, 0) is 15.9 Å². The molecule has 2 fully saturated rings. The Morgan fingerprint density at radius 3 is 2.53 bits per heavy atom. The largest absolute Gasteiger partial charge is 0.497 e. The third kappa shape index (κ3) is 4.90. The maximum absolute atomic E-state index is 14.7. The van der Waals surface area contributed by atoms with Gasteiger partial charge in [0.2, 0.25) is 12.2 Å². The van der Waals surface area contributed by atoms with Gasteiger partial charge in [-0.05, 0) is 31.4 Å². The summed E-state index contributed by atoms with van der Waals surface area (Å²) in [5.74, 6) is 0.0635. The Labute approximate surface area is 196 Å². The number of aliphatic hydroxyl groups is 4. The molecule has 2 aliphatic heterocycles. The highest BCUT2D eigenvalue weighted by Gasteiger charge is 2.45. The van der Waals surface area contributed by atoms with Crippen LogP contribution in [0, 0.1) is 12.7 Å². The zero-order valence-electron chi connectivity index (χ0n) is 19.1. The lowest BCUT2D eigenvalue weighted by Crippen LogP contribution is -2.60. The van der Waals surface area contributed by atoms with Crippen molar-refractivity contribution in [3.63, 3.8) is 0 Å². The number of aromatic nitrogens is 2. The average molecular weight is 483 g/mol. The van der Waals surface area contributed by atoms with Gasteiger partial charge in [0.25, 0.3) is 0 Å². The van der Waals surface area contributed by atoms with Gasteiger partial charge < -0.3 is 39.4 Å². The van der Waals surface area contributed by atoms with E-state index in [9.17, 15) is 24.8 Å². The van der Waals surface area contributed by atoms with Crippen molar-refractivity contribution in [1.82, 2.24) is 9.78 Å². The summed E-state index contributed by atoms with van der Waals surface area (Å²) in [5.41, 5.74) is 1.75. The minimum atomic E-state index is -1.59. The van der Waals surface area contributed by atoms with Crippen LogP contribution in [-0.4, -0.2) is 87.8 Å². The number of ether oxygens (including phenoxy) is 4. The van der Waals surface area contributed by atoms with Crippen molar-refractivity contribution in [2.24, 2.45) is 0 Å². The van der Waals surface area contributed by atoms with E-state index in [0.717, 1.165) is 18.5 Å². The van der Waals surface area contributed by atoms with Gasteiger partial charge in [-0.1, -0.05) is 6.07 Å². The van der Waals surface area contributed by atoms with Crippen LogP contribution in [0.3, 0.4) is 0 Å². The first-order chi connectivity index (χ1) is 16.3.